The molecule has 18 heavy (non-hydrogen) atoms. The van der Waals surface area contributed by atoms with Crippen molar-refractivity contribution in [3.05, 3.63) is 0 Å². The van der Waals surface area contributed by atoms with Crippen molar-refractivity contribution in [3.8, 4) is 0 Å². The molecule has 0 amide bonds. The average molecular weight is 259 g/mol. The molecule has 1 fully saturated rings. The summed E-state index contributed by atoms with van der Waals surface area (Å²) < 4.78 is 10.1. The van der Waals surface area contributed by atoms with Gasteiger partial charge in [0.1, 0.15) is 6.29 Å². The molecular formula is C14H29NO3. The molecule has 0 spiro atoms. The van der Waals surface area contributed by atoms with Crippen molar-refractivity contribution in [2.45, 2.75) is 52.7 Å². The molecule has 0 aromatic heterocycles. The number of carbonyl (C=O) groups excluding carboxylic acids is 1. The number of carbonyl (C=O) groups is 1. The Labute approximate surface area is 112 Å². The number of aldehydes is 1. The van der Waals surface area contributed by atoms with Crippen LogP contribution in [0, 0.1) is 0 Å². The van der Waals surface area contributed by atoms with E-state index in [1.165, 1.54) is 25.9 Å². The first-order valence-electron chi connectivity index (χ1n) is 7.13. The van der Waals surface area contributed by atoms with Crippen LogP contribution in [0.2, 0.25) is 0 Å². The second kappa shape index (κ2) is 13.0. The maximum absolute atomic E-state index is 9.96. The molecule has 0 aromatic carbocycles. The van der Waals surface area contributed by atoms with Crippen LogP contribution in [0.25, 0.3) is 0 Å². The number of likely N-dealkylation sites (tertiary alicyclic amines) is 1. The van der Waals surface area contributed by atoms with Gasteiger partial charge in [-0.2, -0.15) is 0 Å². The van der Waals surface area contributed by atoms with E-state index < -0.39 is 0 Å². The van der Waals surface area contributed by atoms with Crippen LogP contribution in [0.1, 0.15) is 46.5 Å². The zero-order valence-electron chi connectivity index (χ0n) is 12.2. The van der Waals surface area contributed by atoms with Crippen LogP contribution < -0.4 is 0 Å². The van der Waals surface area contributed by atoms with Crippen LogP contribution in [0.4, 0.5) is 0 Å². The zero-order chi connectivity index (χ0) is 13.6. The van der Waals surface area contributed by atoms with E-state index in [9.17, 15) is 4.79 Å². The topological polar surface area (TPSA) is 38.8 Å². The van der Waals surface area contributed by atoms with E-state index in [-0.39, 0.29) is 6.29 Å². The summed E-state index contributed by atoms with van der Waals surface area (Å²) in [5.74, 6) is 0. The predicted molar refractivity (Wildman–Crippen MR) is 73.7 cm³/mol. The lowest BCUT2D eigenvalue weighted by atomic mass is 10.3. The third kappa shape index (κ3) is 10.7. The number of nitrogens with zero attached hydrogens (tertiary/aromatic N) is 1. The number of unbranched alkanes of at least 4 members (excludes halogenated alkanes) is 1. The summed E-state index contributed by atoms with van der Waals surface area (Å²) in [6.07, 6.45) is 5.45. The van der Waals surface area contributed by atoms with Gasteiger partial charge in [0, 0.05) is 19.6 Å². The van der Waals surface area contributed by atoms with Gasteiger partial charge in [-0.25, -0.2) is 0 Å². The van der Waals surface area contributed by atoms with Crippen molar-refractivity contribution in [2.24, 2.45) is 0 Å². The van der Waals surface area contributed by atoms with E-state index in [2.05, 4.69) is 4.90 Å². The summed E-state index contributed by atoms with van der Waals surface area (Å²) in [6.45, 7) is 10.9. The molecule has 0 saturated carbocycles. The van der Waals surface area contributed by atoms with Gasteiger partial charge in [0.25, 0.3) is 0 Å². The molecule has 4 nitrogen and oxygen atoms in total. The molecule has 0 aromatic rings. The van der Waals surface area contributed by atoms with Gasteiger partial charge in [-0.05, 0) is 59.7 Å². The summed E-state index contributed by atoms with van der Waals surface area (Å²) in [5, 5.41) is 0. The number of rotatable bonds is 8. The van der Waals surface area contributed by atoms with Crippen molar-refractivity contribution in [1.29, 1.82) is 0 Å². The largest absolute Gasteiger partial charge is 0.353 e. The first kappa shape index (κ1) is 17.6. The fourth-order valence-corrected chi connectivity index (χ4v) is 1.92. The standard InChI is InChI=1S/C8H15NO.C6H14O2/c10-8-4-3-7-9-5-1-2-6-9;1-4-7-6(3)8-5-2/h8H,1-7H2;6H,4-5H2,1-3H3. The number of hydrogen-bond acceptors (Lipinski definition) is 4. The molecule has 108 valence electrons. The van der Waals surface area contributed by atoms with E-state index >= 15 is 0 Å². The lowest BCUT2D eigenvalue weighted by molar-refractivity contribution is -0.123. The van der Waals surface area contributed by atoms with Gasteiger partial charge in [-0.3, -0.25) is 0 Å². The second-order valence-electron chi connectivity index (χ2n) is 4.34. The highest BCUT2D eigenvalue weighted by Gasteiger charge is 2.09. The fraction of sp³-hybridized carbons (Fsp3) is 0.929. The quantitative estimate of drug-likeness (QED) is 0.381. The predicted octanol–water partition coefficient (Wildman–Crippen LogP) is 2.47. The smallest absolute Gasteiger partial charge is 0.154 e. The molecule has 0 aliphatic carbocycles. The molecular weight excluding hydrogens is 230 g/mol. The van der Waals surface area contributed by atoms with Crippen molar-refractivity contribution >= 4 is 6.29 Å². The highest BCUT2D eigenvalue weighted by atomic mass is 16.7. The Kier molecular flexibility index (Phi) is 12.7. The molecule has 0 radical (unpaired) electrons. The Balaban J connectivity index is 0.000000331. The fourth-order valence-electron chi connectivity index (χ4n) is 1.92. The lowest BCUT2D eigenvalue weighted by Crippen LogP contribution is -2.20. The summed E-state index contributed by atoms with van der Waals surface area (Å²) in [4.78, 5) is 12.4. The van der Waals surface area contributed by atoms with Crippen LogP contribution >= 0.6 is 0 Å². The molecule has 1 aliphatic rings. The third-order valence-corrected chi connectivity index (χ3v) is 2.80. The maximum Gasteiger partial charge on any atom is 0.154 e. The third-order valence-electron chi connectivity index (χ3n) is 2.80. The van der Waals surface area contributed by atoms with Crippen LogP contribution in [-0.4, -0.2) is 50.3 Å². The van der Waals surface area contributed by atoms with Crippen molar-refractivity contribution in [3.63, 3.8) is 0 Å². The van der Waals surface area contributed by atoms with E-state index in [1.807, 2.05) is 20.8 Å². The molecule has 1 heterocycles. The summed E-state index contributed by atoms with van der Waals surface area (Å²) in [6, 6.07) is 0. The Bertz CT molecular complexity index is 176. The average Bonchev–Trinajstić information content (AvgIpc) is 2.84. The Morgan fingerprint density at radius 3 is 2.17 bits per heavy atom. The normalized spacial score (nSPS) is 15.6. The van der Waals surface area contributed by atoms with E-state index in [4.69, 9.17) is 9.47 Å². The molecule has 1 aliphatic heterocycles. The van der Waals surface area contributed by atoms with Gasteiger partial charge in [-0.15, -0.1) is 0 Å². The molecule has 0 unspecified atom stereocenters. The number of ether oxygens (including phenoxy) is 2. The van der Waals surface area contributed by atoms with Crippen molar-refractivity contribution in [2.75, 3.05) is 32.8 Å². The Morgan fingerprint density at radius 1 is 1.17 bits per heavy atom. The van der Waals surface area contributed by atoms with Crippen molar-refractivity contribution in [1.82, 2.24) is 4.90 Å². The first-order valence-corrected chi connectivity index (χ1v) is 7.13. The Hall–Kier alpha value is -0.450. The Morgan fingerprint density at radius 2 is 1.72 bits per heavy atom. The monoisotopic (exact) mass is 259 g/mol. The summed E-state index contributed by atoms with van der Waals surface area (Å²) in [7, 11) is 0. The first-order chi connectivity index (χ1) is 8.74. The molecule has 0 N–H and O–H groups in total. The van der Waals surface area contributed by atoms with Gasteiger partial charge in [0.15, 0.2) is 6.29 Å². The summed E-state index contributed by atoms with van der Waals surface area (Å²) in [5.41, 5.74) is 0. The zero-order valence-corrected chi connectivity index (χ0v) is 12.2. The summed E-state index contributed by atoms with van der Waals surface area (Å²) >= 11 is 0. The highest BCUT2D eigenvalue weighted by Crippen LogP contribution is 2.07. The minimum absolute atomic E-state index is 0.0370. The second-order valence-corrected chi connectivity index (χ2v) is 4.34. The maximum atomic E-state index is 9.96. The van der Waals surface area contributed by atoms with Gasteiger partial charge in [0.05, 0.1) is 0 Å². The van der Waals surface area contributed by atoms with E-state index in [0.717, 1.165) is 38.9 Å². The molecule has 4 heteroatoms. The lowest BCUT2D eigenvalue weighted by Gasteiger charge is -2.12. The SMILES string of the molecule is CCOC(C)OCC.O=CCCCN1CCCC1. The molecule has 0 bridgehead atoms. The minimum Gasteiger partial charge on any atom is -0.353 e. The molecule has 1 rings (SSSR count). The van der Waals surface area contributed by atoms with Gasteiger partial charge < -0.3 is 19.2 Å². The molecule has 1 saturated heterocycles. The van der Waals surface area contributed by atoms with Crippen LogP contribution in [0.15, 0.2) is 0 Å². The van der Waals surface area contributed by atoms with Gasteiger partial charge in [0.2, 0.25) is 0 Å². The minimum atomic E-state index is -0.0370. The molecule has 0 atom stereocenters. The van der Waals surface area contributed by atoms with Crippen LogP contribution in [0.3, 0.4) is 0 Å². The van der Waals surface area contributed by atoms with Crippen molar-refractivity contribution < 1.29 is 14.3 Å². The number of hydrogen-bond donors (Lipinski definition) is 0. The van der Waals surface area contributed by atoms with E-state index in [1.54, 1.807) is 0 Å². The van der Waals surface area contributed by atoms with E-state index in [0.29, 0.717) is 0 Å². The van der Waals surface area contributed by atoms with Gasteiger partial charge in [-0.1, -0.05) is 0 Å². The van der Waals surface area contributed by atoms with Crippen LogP contribution in [0.5, 0.6) is 0 Å². The van der Waals surface area contributed by atoms with Gasteiger partial charge >= 0.3 is 0 Å². The highest BCUT2D eigenvalue weighted by molar-refractivity contribution is 5.48. The van der Waals surface area contributed by atoms with Crippen LogP contribution in [-0.2, 0) is 14.3 Å².